The maximum absolute atomic E-state index is 12.8. The summed E-state index contributed by atoms with van der Waals surface area (Å²) in [6, 6.07) is 9.35. The SMILES string of the molecule is COC(=O)CC(c1c(Cc2ccc(OC)cc2)[nH][nH]c1=O)c1cnn2cccnc12. The van der Waals surface area contributed by atoms with E-state index in [1.807, 2.05) is 24.3 Å². The fourth-order valence-electron chi connectivity index (χ4n) is 3.57. The van der Waals surface area contributed by atoms with Crippen molar-refractivity contribution in [3.8, 4) is 5.75 Å². The number of ether oxygens (including phenoxy) is 2. The summed E-state index contributed by atoms with van der Waals surface area (Å²) >= 11 is 0. The smallest absolute Gasteiger partial charge is 0.306 e. The molecule has 0 amide bonds. The summed E-state index contributed by atoms with van der Waals surface area (Å²) in [4.78, 5) is 29.3. The van der Waals surface area contributed by atoms with Crippen LogP contribution in [0.25, 0.3) is 5.65 Å². The van der Waals surface area contributed by atoms with Gasteiger partial charge in [0.1, 0.15) is 5.75 Å². The minimum absolute atomic E-state index is 0.00895. The van der Waals surface area contributed by atoms with Crippen LogP contribution in [0.2, 0.25) is 0 Å². The first-order valence-electron chi connectivity index (χ1n) is 9.38. The van der Waals surface area contributed by atoms with E-state index in [-0.39, 0.29) is 12.0 Å². The zero-order valence-electron chi connectivity index (χ0n) is 16.6. The summed E-state index contributed by atoms with van der Waals surface area (Å²) in [7, 11) is 2.94. The number of methoxy groups -OCH3 is 2. The van der Waals surface area contributed by atoms with Crippen LogP contribution in [-0.4, -0.2) is 45.0 Å². The average Bonchev–Trinajstić information content (AvgIpc) is 3.36. The van der Waals surface area contributed by atoms with Crippen molar-refractivity contribution in [2.24, 2.45) is 0 Å². The van der Waals surface area contributed by atoms with Gasteiger partial charge >= 0.3 is 5.97 Å². The van der Waals surface area contributed by atoms with E-state index in [1.165, 1.54) is 7.11 Å². The van der Waals surface area contributed by atoms with Crippen LogP contribution in [0.3, 0.4) is 0 Å². The van der Waals surface area contributed by atoms with Gasteiger partial charge in [0, 0.05) is 41.6 Å². The lowest BCUT2D eigenvalue weighted by atomic mass is 9.88. The van der Waals surface area contributed by atoms with Crippen molar-refractivity contribution in [2.75, 3.05) is 14.2 Å². The van der Waals surface area contributed by atoms with E-state index in [9.17, 15) is 9.59 Å². The van der Waals surface area contributed by atoms with E-state index in [0.29, 0.717) is 28.9 Å². The number of esters is 1. The predicted molar refractivity (Wildman–Crippen MR) is 109 cm³/mol. The molecular weight excluding hydrogens is 386 g/mol. The number of aromatic nitrogens is 5. The largest absolute Gasteiger partial charge is 0.497 e. The van der Waals surface area contributed by atoms with E-state index in [0.717, 1.165) is 11.3 Å². The highest BCUT2D eigenvalue weighted by Crippen LogP contribution is 2.31. The molecule has 3 aromatic heterocycles. The zero-order chi connectivity index (χ0) is 21.1. The molecule has 0 spiro atoms. The maximum atomic E-state index is 12.8. The van der Waals surface area contributed by atoms with Crippen LogP contribution in [0, 0.1) is 0 Å². The molecule has 0 aliphatic carbocycles. The van der Waals surface area contributed by atoms with E-state index < -0.39 is 11.9 Å². The summed E-state index contributed by atoms with van der Waals surface area (Å²) in [5.41, 5.74) is 3.13. The van der Waals surface area contributed by atoms with Gasteiger partial charge in [0.25, 0.3) is 5.56 Å². The molecule has 1 unspecified atom stereocenters. The van der Waals surface area contributed by atoms with E-state index in [2.05, 4.69) is 20.3 Å². The van der Waals surface area contributed by atoms with Gasteiger partial charge in [-0.05, 0) is 23.8 Å². The third-order valence-electron chi connectivity index (χ3n) is 5.07. The van der Waals surface area contributed by atoms with Crippen LogP contribution in [-0.2, 0) is 16.0 Å². The van der Waals surface area contributed by atoms with Crippen molar-refractivity contribution in [3.63, 3.8) is 0 Å². The average molecular weight is 407 g/mol. The lowest BCUT2D eigenvalue weighted by molar-refractivity contribution is -0.140. The molecule has 0 bridgehead atoms. The molecule has 0 saturated carbocycles. The molecule has 0 saturated heterocycles. The summed E-state index contributed by atoms with van der Waals surface area (Å²) in [5, 5.41) is 9.93. The first kappa shape index (κ1) is 19.4. The fraction of sp³-hybridized carbons (Fsp3) is 0.238. The molecule has 0 radical (unpaired) electrons. The topological polar surface area (TPSA) is 114 Å². The Morgan fingerprint density at radius 2 is 2.00 bits per heavy atom. The van der Waals surface area contributed by atoms with E-state index >= 15 is 0 Å². The number of carbonyl (C=O) groups excluding carboxylic acids is 1. The Labute approximate surface area is 171 Å². The van der Waals surface area contributed by atoms with Crippen molar-refractivity contribution in [3.05, 3.63) is 81.7 Å². The summed E-state index contributed by atoms with van der Waals surface area (Å²) < 4.78 is 11.7. The predicted octanol–water partition coefficient (Wildman–Crippen LogP) is 2.04. The molecule has 0 aliphatic heterocycles. The highest BCUT2D eigenvalue weighted by molar-refractivity contribution is 5.72. The Morgan fingerprint density at radius 3 is 2.73 bits per heavy atom. The molecule has 0 aliphatic rings. The second-order valence-corrected chi connectivity index (χ2v) is 6.82. The number of hydrogen-bond acceptors (Lipinski definition) is 6. The lowest BCUT2D eigenvalue weighted by Gasteiger charge is -2.15. The molecule has 1 atom stereocenters. The molecule has 0 fully saturated rings. The minimum Gasteiger partial charge on any atom is -0.497 e. The first-order chi connectivity index (χ1) is 14.6. The Bertz CT molecular complexity index is 1220. The highest BCUT2D eigenvalue weighted by Gasteiger charge is 2.28. The van der Waals surface area contributed by atoms with Crippen LogP contribution >= 0.6 is 0 Å². The number of carbonyl (C=O) groups is 1. The van der Waals surface area contributed by atoms with Gasteiger partial charge in [-0.3, -0.25) is 14.7 Å². The van der Waals surface area contributed by atoms with Crippen molar-refractivity contribution in [1.29, 1.82) is 0 Å². The third kappa shape index (κ3) is 3.69. The van der Waals surface area contributed by atoms with Gasteiger partial charge < -0.3 is 14.6 Å². The van der Waals surface area contributed by atoms with Crippen molar-refractivity contribution in [2.45, 2.75) is 18.8 Å². The standard InChI is InChI=1S/C21H21N5O4/c1-29-14-6-4-13(5-7-14)10-17-19(21(28)25-24-17)15(11-18(27)30-2)16-12-23-26-9-3-8-22-20(16)26/h3-9,12,15H,10-11H2,1-2H3,(H2,24,25,28). The highest BCUT2D eigenvalue weighted by atomic mass is 16.5. The maximum Gasteiger partial charge on any atom is 0.306 e. The van der Waals surface area contributed by atoms with Gasteiger partial charge in [-0.1, -0.05) is 12.1 Å². The lowest BCUT2D eigenvalue weighted by Crippen LogP contribution is -2.18. The molecule has 4 aromatic rings. The van der Waals surface area contributed by atoms with Crippen molar-refractivity contribution in [1.82, 2.24) is 24.8 Å². The number of nitrogens with one attached hydrogen (secondary N) is 2. The molecule has 3 heterocycles. The summed E-state index contributed by atoms with van der Waals surface area (Å²) in [6.07, 6.45) is 5.52. The molecule has 9 nitrogen and oxygen atoms in total. The van der Waals surface area contributed by atoms with Crippen molar-refractivity contribution >= 4 is 11.6 Å². The van der Waals surface area contributed by atoms with Gasteiger partial charge in [0.05, 0.1) is 26.8 Å². The zero-order valence-corrected chi connectivity index (χ0v) is 16.6. The van der Waals surface area contributed by atoms with Crippen LogP contribution < -0.4 is 10.3 Å². The summed E-state index contributed by atoms with van der Waals surface area (Å²) in [5.74, 6) is -0.234. The number of rotatable bonds is 7. The molecular formula is C21H21N5O4. The molecule has 2 N–H and O–H groups in total. The van der Waals surface area contributed by atoms with E-state index in [4.69, 9.17) is 9.47 Å². The normalized spacial score (nSPS) is 12.1. The third-order valence-corrected chi connectivity index (χ3v) is 5.07. The molecule has 30 heavy (non-hydrogen) atoms. The van der Waals surface area contributed by atoms with Crippen molar-refractivity contribution < 1.29 is 14.3 Å². The summed E-state index contributed by atoms with van der Waals surface area (Å²) in [6.45, 7) is 0. The second-order valence-electron chi connectivity index (χ2n) is 6.82. The molecule has 9 heteroatoms. The Balaban J connectivity index is 1.78. The molecule has 154 valence electrons. The van der Waals surface area contributed by atoms with Gasteiger partial charge in [0.15, 0.2) is 5.65 Å². The monoisotopic (exact) mass is 407 g/mol. The minimum atomic E-state index is -0.562. The Kier molecular flexibility index (Phi) is 5.34. The number of benzene rings is 1. The fourth-order valence-corrected chi connectivity index (χ4v) is 3.57. The molecule has 1 aromatic carbocycles. The Morgan fingerprint density at radius 1 is 1.20 bits per heavy atom. The van der Waals surface area contributed by atoms with Crippen LogP contribution in [0.4, 0.5) is 0 Å². The van der Waals surface area contributed by atoms with E-state index in [1.54, 1.807) is 36.3 Å². The number of H-pyrrole nitrogens is 2. The first-order valence-corrected chi connectivity index (χ1v) is 9.38. The van der Waals surface area contributed by atoms with Gasteiger partial charge in [0.2, 0.25) is 0 Å². The van der Waals surface area contributed by atoms with Crippen LogP contribution in [0.5, 0.6) is 5.75 Å². The van der Waals surface area contributed by atoms with Gasteiger partial charge in [-0.25, -0.2) is 9.50 Å². The number of aromatic amines is 2. The quantitative estimate of drug-likeness (QED) is 0.453. The number of fused-ring (bicyclic) bond motifs is 1. The van der Waals surface area contributed by atoms with Crippen LogP contribution in [0.1, 0.15) is 34.7 Å². The van der Waals surface area contributed by atoms with Crippen LogP contribution in [0.15, 0.2) is 53.7 Å². The van der Waals surface area contributed by atoms with Gasteiger partial charge in [-0.2, -0.15) is 5.10 Å². The molecule has 4 rings (SSSR count). The second kappa shape index (κ2) is 8.24. The van der Waals surface area contributed by atoms with Gasteiger partial charge in [-0.15, -0.1) is 0 Å². The number of nitrogens with zero attached hydrogens (tertiary/aromatic N) is 3. The Hall–Kier alpha value is -3.88. The number of hydrogen-bond donors (Lipinski definition) is 2.